The highest BCUT2D eigenvalue weighted by Gasteiger charge is 1.84. The molecule has 0 heterocycles. The Morgan fingerprint density at radius 2 is 2.00 bits per heavy atom. The van der Waals surface area contributed by atoms with Gasteiger partial charge in [-0.1, -0.05) is 6.55 Å². The lowest BCUT2D eigenvalue weighted by Crippen LogP contribution is -2.03. The highest BCUT2D eigenvalue weighted by Crippen LogP contribution is 1.81. The minimum Gasteiger partial charge on any atom is -0.382 e. The second kappa shape index (κ2) is 8.14. The zero-order valence-electron chi connectivity index (χ0n) is 6.35. The van der Waals surface area contributed by atoms with Crippen molar-refractivity contribution in [3.8, 4) is 0 Å². The number of hydrogen-bond donors (Lipinski definition) is 0. The molecule has 0 atom stereocenters. The highest BCUT2D eigenvalue weighted by atomic mass is 28.2. The molecule has 0 rings (SSSR count). The van der Waals surface area contributed by atoms with Crippen LogP contribution in [0.25, 0.3) is 0 Å². The molecule has 0 aliphatic rings. The first-order chi connectivity index (χ1) is 4.41. The molecule has 0 aromatic rings. The Kier molecular flexibility index (Phi) is 8.26. The van der Waals surface area contributed by atoms with Gasteiger partial charge < -0.3 is 9.47 Å². The molecule has 0 radical (unpaired) electrons. The van der Waals surface area contributed by atoms with Gasteiger partial charge in [0.1, 0.15) is 0 Å². The molecule has 56 valence electrons. The molecule has 0 spiro atoms. The molecule has 9 heavy (non-hydrogen) atoms. The van der Waals surface area contributed by atoms with E-state index in [2.05, 4.69) is 6.55 Å². The Labute approximate surface area is 59.4 Å². The molecule has 0 aliphatic carbocycles. The summed E-state index contributed by atoms with van der Waals surface area (Å²) in [5, 5.41) is 0. The van der Waals surface area contributed by atoms with Gasteiger partial charge in [-0.05, 0) is 6.04 Å². The fraction of sp³-hybridized carbons (Fsp3) is 1.00. The Bertz CT molecular complexity index is 44.3. The first-order valence-corrected chi connectivity index (χ1v) is 5.90. The summed E-state index contributed by atoms with van der Waals surface area (Å²) in [5.41, 5.74) is 0. The van der Waals surface area contributed by atoms with Crippen molar-refractivity contribution >= 4 is 9.52 Å². The highest BCUT2D eigenvalue weighted by molar-refractivity contribution is 6.33. The van der Waals surface area contributed by atoms with E-state index >= 15 is 0 Å². The van der Waals surface area contributed by atoms with Crippen molar-refractivity contribution in [3.63, 3.8) is 0 Å². The van der Waals surface area contributed by atoms with Crippen molar-refractivity contribution in [1.29, 1.82) is 0 Å². The largest absolute Gasteiger partial charge is 0.382 e. The SMILES string of the molecule is COCCOCC[SiH2]C. The lowest BCUT2D eigenvalue weighted by molar-refractivity contribution is 0.0777. The van der Waals surface area contributed by atoms with Gasteiger partial charge >= 0.3 is 0 Å². The van der Waals surface area contributed by atoms with Crippen LogP contribution in [0.3, 0.4) is 0 Å². The molecule has 2 nitrogen and oxygen atoms in total. The van der Waals surface area contributed by atoms with Gasteiger partial charge in [0.25, 0.3) is 0 Å². The summed E-state index contributed by atoms with van der Waals surface area (Å²) in [6, 6.07) is 1.30. The smallest absolute Gasteiger partial charge is 0.0700 e. The third kappa shape index (κ3) is 8.14. The average molecular weight is 148 g/mol. The second-order valence-electron chi connectivity index (χ2n) is 1.96. The summed E-state index contributed by atoms with van der Waals surface area (Å²) >= 11 is 0. The molecule has 0 aromatic carbocycles. The van der Waals surface area contributed by atoms with Gasteiger partial charge in [-0.3, -0.25) is 0 Å². The predicted molar refractivity (Wildman–Crippen MR) is 41.9 cm³/mol. The molecule has 0 aliphatic heterocycles. The summed E-state index contributed by atoms with van der Waals surface area (Å²) in [4.78, 5) is 0. The summed E-state index contributed by atoms with van der Waals surface area (Å²) in [6.45, 7) is 4.71. The maximum atomic E-state index is 5.22. The number of rotatable bonds is 6. The van der Waals surface area contributed by atoms with Crippen LogP contribution in [-0.4, -0.2) is 36.5 Å². The van der Waals surface area contributed by atoms with Crippen molar-refractivity contribution in [2.45, 2.75) is 12.6 Å². The van der Waals surface area contributed by atoms with Crippen LogP contribution in [0.5, 0.6) is 0 Å². The van der Waals surface area contributed by atoms with E-state index in [0.29, 0.717) is 0 Å². The molecule has 0 saturated heterocycles. The third-order valence-corrected chi connectivity index (χ3v) is 2.07. The van der Waals surface area contributed by atoms with E-state index in [1.807, 2.05) is 0 Å². The van der Waals surface area contributed by atoms with Gasteiger partial charge in [0.15, 0.2) is 0 Å². The fourth-order valence-corrected chi connectivity index (χ4v) is 0.984. The van der Waals surface area contributed by atoms with Gasteiger partial charge in [0.2, 0.25) is 0 Å². The van der Waals surface area contributed by atoms with Crippen LogP contribution in [0.4, 0.5) is 0 Å². The third-order valence-electron chi connectivity index (χ3n) is 1.07. The minimum atomic E-state index is 0.214. The lowest BCUT2D eigenvalue weighted by Gasteiger charge is -1.99. The van der Waals surface area contributed by atoms with Crippen molar-refractivity contribution in [1.82, 2.24) is 0 Å². The van der Waals surface area contributed by atoms with E-state index in [0.717, 1.165) is 19.8 Å². The normalized spacial score (nSPS) is 11.3. The molecule has 0 aromatic heterocycles. The minimum absolute atomic E-state index is 0.214. The van der Waals surface area contributed by atoms with Crippen LogP contribution in [-0.2, 0) is 9.47 Å². The molecule has 3 heteroatoms. The molecule has 0 fully saturated rings. The van der Waals surface area contributed by atoms with E-state index in [9.17, 15) is 0 Å². The van der Waals surface area contributed by atoms with Crippen LogP contribution in [0, 0.1) is 0 Å². The summed E-state index contributed by atoms with van der Waals surface area (Å²) in [6.07, 6.45) is 0. The van der Waals surface area contributed by atoms with Crippen molar-refractivity contribution in [3.05, 3.63) is 0 Å². The topological polar surface area (TPSA) is 18.5 Å². The lowest BCUT2D eigenvalue weighted by atomic mass is 10.7. The quantitative estimate of drug-likeness (QED) is 0.398. The van der Waals surface area contributed by atoms with Gasteiger partial charge in [-0.15, -0.1) is 0 Å². The van der Waals surface area contributed by atoms with E-state index in [1.54, 1.807) is 7.11 Å². The number of ether oxygens (including phenoxy) is 2. The summed E-state index contributed by atoms with van der Waals surface area (Å²) < 4.78 is 10.0. The summed E-state index contributed by atoms with van der Waals surface area (Å²) in [5.74, 6) is 0. The van der Waals surface area contributed by atoms with Crippen LogP contribution in [0.1, 0.15) is 0 Å². The van der Waals surface area contributed by atoms with Crippen molar-refractivity contribution < 1.29 is 9.47 Å². The number of hydrogen-bond acceptors (Lipinski definition) is 2. The van der Waals surface area contributed by atoms with Gasteiger partial charge in [-0.25, -0.2) is 0 Å². The van der Waals surface area contributed by atoms with Crippen LogP contribution in [0.2, 0.25) is 12.6 Å². The Morgan fingerprint density at radius 3 is 2.56 bits per heavy atom. The molecule has 0 amide bonds. The standard InChI is InChI=1S/C6H16O2Si/c1-7-3-4-8-5-6-9-2/h3-6,9H2,1-2H3. The van der Waals surface area contributed by atoms with E-state index in [-0.39, 0.29) is 9.52 Å². The monoisotopic (exact) mass is 148 g/mol. The molecular weight excluding hydrogens is 132 g/mol. The van der Waals surface area contributed by atoms with Crippen LogP contribution >= 0.6 is 0 Å². The maximum Gasteiger partial charge on any atom is 0.0700 e. The Balaban J connectivity index is 2.60. The Morgan fingerprint density at radius 1 is 1.22 bits per heavy atom. The van der Waals surface area contributed by atoms with Crippen molar-refractivity contribution in [2.24, 2.45) is 0 Å². The molecule has 0 saturated carbocycles. The zero-order chi connectivity index (χ0) is 6.95. The first kappa shape index (κ1) is 9.14. The maximum absolute atomic E-state index is 5.22. The molecule has 0 N–H and O–H groups in total. The first-order valence-electron chi connectivity index (χ1n) is 3.48. The van der Waals surface area contributed by atoms with E-state index in [4.69, 9.17) is 9.47 Å². The predicted octanol–water partition coefficient (Wildman–Crippen LogP) is 0.285. The number of methoxy groups -OCH3 is 1. The van der Waals surface area contributed by atoms with Crippen molar-refractivity contribution in [2.75, 3.05) is 26.9 Å². The molecular formula is C6H16O2Si. The van der Waals surface area contributed by atoms with E-state index in [1.165, 1.54) is 6.04 Å². The second-order valence-corrected chi connectivity index (χ2v) is 3.67. The van der Waals surface area contributed by atoms with Crippen LogP contribution < -0.4 is 0 Å². The van der Waals surface area contributed by atoms with Gasteiger partial charge in [0, 0.05) is 23.2 Å². The van der Waals surface area contributed by atoms with E-state index < -0.39 is 0 Å². The zero-order valence-corrected chi connectivity index (χ0v) is 7.77. The Hall–Kier alpha value is 0.137. The van der Waals surface area contributed by atoms with Crippen LogP contribution in [0.15, 0.2) is 0 Å². The van der Waals surface area contributed by atoms with Gasteiger partial charge in [-0.2, -0.15) is 0 Å². The summed E-state index contributed by atoms with van der Waals surface area (Å²) in [7, 11) is 1.91. The molecule has 0 unspecified atom stereocenters. The molecule has 0 bridgehead atoms. The average Bonchev–Trinajstić information content (AvgIpc) is 1.89. The van der Waals surface area contributed by atoms with Gasteiger partial charge in [0.05, 0.1) is 13.2 Å². The fourth-order valence-electron chi connectivity index (χ4n) is 0.491.